The molecule has 0 saturated carbocycles. The molecule has 3 rings (SSSR count). The average molecular weight is 301 g/mol. The summed E-state index contributed by atoms with van der Waals surface area (Å²) in [4.78, 5) is 29.5. The Morgan fingerprint density at radius 1 is 1.23 bits per heavy atom. The van der Waals surface area contributed by atoms with E-state index in [2.05, 4.69) is 14.9 Å². The Kier molecular flexibility index (Phi) is 3.62. The molecular weight excluding hydrogens is 286 g/mol. The molecule has 7 nitrogen and oxygen atoms in total. The number of rotatable bonds is 3. The topological polar surface area (TPSA) is 85.5 Å². The Morgan fingerprint density at radius 2 is 1.86 bits per heavy atom. The molecule has 1 aliphatic rings. The maximum Gasteiger partial charge on any atom is 0.337 e. The van der Waals surface area contributed by atoms with Crippen LogP contribution in [0.2, 0.25) is 0 Å². The van der Waals surface area contributed by atoms with Crippen molar-refractivity contribution in [2.45, 2.75) is 12.8 Å². The zero-order chi connectivity index (χ0) is 15.7. The molecule has 2 heterocycles. The highest BCUT2D eigenvalue weighted by Crippen LogP contribution is 2.27. The van der Waals surface area contributed by atoms with Crippen LogP contribution in [0, 0.1) is 6.92 Å². The molecule has 0 radical (unpaired) electrons. The first-order valence-corrected chi connectivity index (χ1v) is 6.86. The second-order valence-electron chi connectivity index (χ2n) is 5.16. The molecule has 0 unspecified atom stereocenters. The number of ether oxygens (including phenoxy) is 1. The van der Waals surface area contributed by atoms with Crippen LogP contribution in [0.15, 0.2) is 28.8 Å². The van der Waals surface area contributed by atoms with Crippen LogP contribution >= 0.6 is 0 Å². The number of methoxy groups -OCH3 is 1. The molecular formula is C15H15N3O4. The van der Waals surface area contributed by atoms with E-state index < -0.39 is 5.97 Å². The van der Waals surface area contributed by atoms with Crippen molar-refractivity contribution in [3.05, 3.63) is 47.1 Å². The Bertz CT molecular complexity index is 702. The third-order valence-electron chi connectivity index (χ3n) is 3.61. The Morgan fingerprint density at radius 3 is 2.41 bits per heavy atom. The predicted octanol–water partition coefficient (Wildman–Crippen LogP) is 1.40. The van der Waals surface area contributed by atoms with Crippen molar-refractivity contribution in [1.82, 2.24) is 15.0 Å². The number of esters is 1. The van der Waals surface area contributed by atoms with Crippen molar-refractivity contribution in [3.8, 4) is 0 Å². The highest BCUT2D eigenvalue weighted by Gasteiger charge is 2.35. The van der Waals surface area contributed by atoms with Gasteiger partial charge in [-0.2, -0.15) is 4.98 Å². The number of amides is 1. The van der Waals surface area contributed by atoms with Crippen molar-refractivity contribution in [3.63, 3.8) is 0 Å². The quantitative estimate of drug-likeness (QED) is 0.797. The maximum absolute atomic E-state index is 12.3. The third-order valence-corrected chi connectivity index (χ3v) is 3.61. The number of carbonyl (C=O) groups is 2. The minimum atomic E-state index is -0.422. The lowest BCUT2D eigenvalue weighted by molar-refractivity contribution is 0.0564. The molecule has 22 heavy (non-hydrogen) atoms. The van der Waals surface area contributed by atoms with E-state index in [1.54, 1.807) is 36.1 Å². The van der Waals surface area contributed by atoms with E-state index in [1.165, 1.54) is 7.11 Å². The van der Waals surface area contributed by atoms with Crippen LogP contribution in [0.5, 0.6) is 0 Å². The molecule has 0 atom stereocenters. The van der Waals surface area contributed by atoms with Crippen molar-refractivity contribution in [2.75, 3.05) is 20.2 Å². The number of likely N-dealkylation sites (tertiary alicyclic amines) is 1. The highest BCUT2D eigenvalue weighted by atomic mass is 16.5. The normalized spacial score (nSPS) is 14.5. The van der Waals surface area contributed by atoms with Crippen LogP contribution in [0.3, 0.4) is 0 Å². The molecule has 0 N–H and O–H groups in total. The van der Waals surface area contributed by atoms with Gasteiger partial charge in [0.1, 0.15) is 0 Å². The van der Waals surface area contributed by atoms with Gasteiger partial charge in [0.15, 0.2) is 5.82 Å². The summed E-state index contributed by atoms with van der Waals surface area (Å²) in [7, 11) is 1.32. The first kappa shape index (κ1) is 14.2. The minimum Gasteiger partial charge on any atom is -0.465 e. The standard InChI is InChI=1S/C15H15N3O4/c1-9-16-13(22-17-9)12-7-18(8-12)14(19)10-3-5-11(6-4-10)15(20)21-2/h3-6,12H,7-8H2,1-2H3. The van der Waals surface area contributed by atoms with E-state index in [0.717, 1.165) is 0 Å². The van der Waals surface area contributed by atoms with E-state index >= 15 is 0 Å². The number of nitrogens with zero attached hydrogens (tertiary/aromatic N) is 3. The van der Waals surface area contributed by atoms with Gasteiger partial charge < -0.3 is 14.2 Å². The molecule has 0 spiro atoms. The van der Waals surface area contributed by atoms with E-state index in [9.17, 15) is 9.59 Å². The van der Waals surface area contributed by atoms with Gasteiger partial charge in [0.05, 0.1) is 18.6 Å². The Labute approximate surface area is 126 Å². The Balaban J connectivity index is 1.62. The first-order valence-electron chi connectivity index (χ1n) is 6.86. The number of hydrogen-bond donors (Lipinski definition) is 0. The zero-order valence-electron chi connectivity index (χ0n) is 12.3. The summed E-state index contributed by atoms with van der Waals surface area (Å²) >= 11 is 0. The maximum atomic E-state index is 12.3. The summed E-state index contributed by atoms with van der Waals surface area (Å²) < 4.78 is 9.73. The zero-order valence-corrected chi connectivity index (χ0v) is 12.3. The fourth-order valence-corrected chi connectivity index (χ4v) is 2.33. The van der Waals surface area contributed by atoms with Crippen LogP contribution in [0.1, 0.15) is 38.3 Å². The number of aromatic nitrogens is 2. The van der Waals surface area contributed by atoms with Gasteiger partial charge in [-0.25, -0.2) is 4.79 Å². The molecule has 2 aromatic rings. The molecule has 0 bridgehead atoms. The summed E-state index contributed by atoms with van der Waals surface area (Å²) in [5.74, 6) is 0.763. The summed E-state index contributed by atoms with van der Waals surface area (Å²) in [6.07, 6.45) is 0. The van der Waals surface area contributed by atoms with Gasteiger partial charge in [-0.15, -0.1) is 0 Å². The molecule has 1 aliphatic heterocycles. The van der Waals surface area contributed by atoms with E-state index in [0.29, 0.717) is 35.9 Å². The van der Waals surface area contributed by atoms with E-state index in [-0.39, 0.29) is 11.8 Å². The summed E-state index contributed by atoms with van der Waals surface area (Å²) in [6, 6.07) is 6.41. The van der Waals surface area contributed by atoms with Crippen LogP contribution in [0.4, 0.5) is 0 Å². The van der Waals surface area contributed by atoms with Gasteiger partial charge in [-0.3, -0.25) is 4.79 Å². The van der Waals surface area contributed by atoms with Crippen LogP contribution in [-0.2, 0) is 4.74 Å². The number of hydrogen-bond acceptors (Lipinski definition) is 6. The minimum absolute atomic E-state index is 0.0797. The van der Waals surface area contributed by atoms with Crippen LogP contribution in [0.25, 0.3) is 0 Å². The average Bonchev–Trinajstić information content (AvgIpc) is 2.91. The molecule has 1 aromatic carbocycles. The lowest BCUT2D eigenvalue weighted by atomic mass is 9.98. The third kappa shape index (κ3) is 2.57. The van der Waals surface area contributed by atoms with Crippen LogP contribution < -0.4 is 0 Å². The van der Waals surface area contributed by atoms with Crippen molar-refractivity contribution < 1.29 is 18.8 Å². The molecule has 7 heteroatoms. The summed E-state index contributed by atoms with van der Waals surface area (Å²) in [6.45, 7) is 2.87. The monoisotopic (exact) mass is 301 g/mol. The van der Waals surface area contributed by atoms with Gasteiger partial charge >= 0.3 is 5.97 Å². The first-order chi connectivity index (χ1) is 10.6. The van der Waals surface area contributed by atoms with E-state index in [4.69, 9.17) is 4.52 Å². The fraction of sp³-hybridized carbons (Fsp3) is 0.333. The van der Waals surface area contributed by atoms with E-state index in [1.807, 2.05) is 0 Å². The summed E-state index contributed by atoms with van der Waals surface area (Å²) in [5.41, 5.74) is 0.953. The SMILES string of the molecule is COC(=O)c1ccc(C(=O)N2CC(c3nc(C)no3)C2)cc1. The molecule has 1 aromatic heterocycles. The second kappa shape index (κ2) is 5.59. The van der Waals surface area contributed by atoms with Gasteiger partial charge in [0, 0.05) is 18.7 Å². The lowest BCUT2D eigenvalue weighted by Crippen LogP contribution is -2.48. The molecule has 1 fully saturated rings. The predicted molar refractivity (Wildman–Crippen MR) is 75.5 cm³/mol. The number of carbonyl (C=O) groups excluding carboxylic acids is 2. The fourth-order valence-electron chi connectivity index (χ4n) is 2.33. The molecule has 1 amide bonds. The van der Waals surface area contributed by atoms with Gasteiger partial charge in [-0.1, -0.05) is 5.16 Å². The highest BCUT2D eigenvalue weighted by molar-refractivity contribution is 5.96. The lowest BCUT2D eigenvalue weighted by Gasteiger charge is -2.37. The van der Waals surface area contributed by atoms with Crippen molar-refractivity contribution in [1.29, 1.82) is 0 Å². The van der Waals surface area contributed by atoms with Gasteiger partial charge in [-0.05, 0) is 31.2 Å². The van der Waals surface area contributed by atoms with Crippen LogP contribution in [-0.4, -0.2) is 47.1 Å². The second-order valence-corrected chi connectivity index (χ2v) is 5.16. The van der Waals surface area contributed by atoms with Crippen molar-refractivity contribution >= 4 is 11.9 Å². The van der Waals surface area contributed by atoms with Gasteiger partial charge in [0.25, 0.3) is 5.91 Å². The molecule has 114 valence electrons. The smallest absolute Gasteiger partial charge is 0.337 e. The van der Waals surface area contributed by atoms with Crippen molar-refractivity contribution in [2.24, 2.45) is 0 Å². The number of aryl methyl sites for hydroxylation is 1. The number of benzene rings is 1. The van der Waals surface area contributed by atoms with Gasteiger partial charge in [0.2, 0.25) is 5.89 Å². The molecule has 0 aliphatic carbocycles. The Hall–Kier alpha value is -2.70. The largest absolute Gasteiger partial charge is 0.465 e. The summed E-state index contributed by atoms with van der Waals surface area (Å²) in [5, 5.41) is 3.75. The molecule has 1 saturated heterocycles.